The molecule has 2 aromatic carbocycles. The highest BCUT2D eigenvalue weighted by Crippen LogP contribution is 2.33. The summed E-state index contributed by atoms with van der Waals surface area (Å²) in [5, 5.41) is 0.0166. The van der Waals surface area contributed by atoms with Gasteiger partial charge in [-0.25, -0.2) is 23.1 Å². The van der Waals surface area contributed by atoms with E-state index in [-0.39, 0.29) is 28.1 Å². The topological polar surface area (TPSA) is 77.8 Å². The molecule has 0 bridgehead atoms. The van der Waals surface area contributed by atoms with Crippen molar-refractivity contribution in [1.82, 2.24) is 9.97 Å². The molecule has 0 saturated carbocycles. The van der Waals surface area contributed by atoms with E-state index >= 15 is 0 Å². The van der Waals surface area contributed by atoms with E-state index in [1.165, 1.54) is 18.3 Å². The molecule has 4 nitrogen and oxygen atoms in total. The van der Waals surface area contributed by atoms with E-state index in [4.69, 9.17) is 11.5 Å². The predicted octanol–water partition coefficient (Wildman–Crippen LogP) is 2.88. The number of nitrogens with zero attached hydrogens (tertiary/aromatic N) is 2. The Morgan fingerprint density at radius 3 is 2.43 bits per heavy atom. The molecule has 0 aliphatic heterocycles. The maximum Gasteiger partial charge on any atom is 0.220 e. The molecule has 1 aromatic heterocycles. The number of benzene rings is 2. The minimum Gasteiger partial charge on any atom is -0.396 e. The lowest BCUT2D eigenvalue weighted by atomic mass is 10.0. The molecule has 0 atom stereocenters. The number of aromatic nitrogens is 2. The molecule has 21 heavy (non-hydrogen) atoms. The van der Waals surface area contributed by atoms with Crippen molar-refractivity contribution >= 4 is 22.5 Å². The molecule has 106 valence electrons. The number of fused-ring (bicyclic) bond motifs is 1. The van der Waals surface area contributed by atoms with E-state index in [0.29, 0.717) is 0 Å². The third-order valence-corrected chi connectivity index (χ3v) is 3.11. The molecule has 0 amide bonds. The van der Waals surface area contributed by atoms with Crippen molar-refractivity contribution in [3.05, 3.63) is 47.9 Å². The van der Waals surface area contributed by atoms with Crippen molar-refractivity contribution in [3.63, 3.8) is 0 Å². The minimum absolute atomic E-state index is 0.0166. The fraction of sp³-hybridized carbons (Fsp3) is 0. The molecule has 1 heterocycles. The third-order valence-electron chi connectivity index (χ3n) is 3.11. The molecule has 0 spiro atoms. The standard InChI is InChI=1S/C14H9F3N4/c15-8-2-3-9(18)13(17)11(8)6-1-4-10-7(12(6)16)5-20-14(19)21-10/h1-5H,18H2,(H2,19,20,21). The van der Waals surface area contributed by atoms with Crippen LogP contribution in [0.15, 0.2) is 30.5 Å². The van der Waals surface area contributed by atoms with Gasteiger partial charge in [0.2, 0.25) is 5.95 Å². The Kier molecular flexibility index (Phi) is 2.90. The van der Waals surface area contributed by atoms with E-state index in [9.17, 15) is 13.2 Å². The lowest BCUT2D eigenvalue weighted by Crippen LogP contribution is -2.00. The number of halogens is 3. The van der Waals surface area contributed by atoms with Gasteiger partial charge in [-0.05, 0) is 24.3 Å². The highest BCUT2D eigenvalue weighted by Gasteiger charge is 2.19. The fourth-order valence-electron chi connectivity index (χ4n) is 2.09. The molecule has 0 aliphatic rings. The summed E-state index contributed by atoms with van der Waals surface area (Å²) in [7, 11) is 0. The van der Waals surface area contributed by atoms with Gasteiger partial charge in [0.05, 0.1) is 22.2 Å². The second-order valence-corrected chi connectivity index (χ2v) is 4.41. The maximum absolute atomic E-state index is 14.5. The Morgan fingerprint density at radius 2 is 1.67 bits per heavy atom. The van der Waals surface area contributed by atoms with E-state index in [2.05, 4.69) is 9.97 Å². The second kappa shape index (κ2) is 4.62. The zero-order valence-electron chi connectivity index (χ0n) is 10.6. The number of nitrogen functional groups attached to an aromatic ring is 2. The van der Waals surface area contributed by atoms with Crippen LogP contribution in [0.4, 0.5) is 24.8 Å². The van der Waals surface area contributed by atoms with Crippen LogP contribution in [-0.2, 0) is 0 Å². The van der Waals surface area contributed by atoms with Crippen LogP contribution in [-0.4, -0.2) is 9.97 Å². The zero-order chi connectivity index (χ0) is 15.1. The SMILES string of the molecule is Nc1ncc2c(F)c(-c3c(F)ccc(N)c3F)ccc2n1. The second-order valence-electron chi connectivity index (χ2n) is 4.41. The highest BCUT2D eigenvalue weighted by molar-refractivity contribution is 5.86. The molecule has 0 saturated heterocycles. The van der Waals surface area contributed by atoms with Crippen LogP contribution >= 0.6 is 0 Å². The van der Waals surface area contributed by atoms with Gasteiger partial charge in [-0.1, -0.05) is 0 Å². The Hall–Kier alpha value is -2.83. The summed E-state index contributed by atoms with van der Waals surface area (Å²) < 4.78 is 42.3. The first-order chi connectivity index (χ1) is 9.99. The molecule has 0 radical (unpaired) electrons. The van der Waals surface area contributed by atoms with Gasteiger partial charge in [0.15, 0.2) is 5.82 Å². The van der Waals surface area contributed by atoms with Gasteiger partial charge in [0.1, 0.15) is 11.6 Å². The Morgan fingerprint density at radius 1 is 0.905 bits per heavy atom. The smallest absolute Gasteiger partial charge is 0.220 e. The summed E-state index contributed by atoms with van der Waals surface area (Å²) in [6, 6.07) is 4.70. The molecule has 3 rings (SSSR count). The molecule has 3 aromatic rings. The van der Waals surface area contributed by atoms with Crippen molar-refractivity contribution in [1.29, 1.82) is 0 Å². The Balaban J connectivity index is 2.34. The molecule has 0 aliphatic carbocycles. The third kappa shape index (κ3) is 2.03. The fourth-order valence-corrected chi connectivity index (χ4v) is 2.09. The minimum atomic E-state index is -1.01. The van der Waals surface area contributed by atoms with Gasteiger partial charge >= 0.3 is 0 Å². The average molecular weight is 290 g/mol. The van der Waals surface area contributed by atoms with Crippen molar-refractivity contribution in [2.24, 2.45) is 0 Å². The van der Waals surface area contributed by atoms with Crippen LogP contribution in [0.1, 0.15) is 0 Å². The Labute approximate surface area is 117 Å². The normalized spacial score (nSPS) is 11.0. The summed E-state index contributed by atoms with van der Waals surface area (Å²) >= 11 is 0. The van der Waals surface area contributed by atoms with Crippen molar-refractivity contribution in [2.75, 3.05) is 11.5 Å². The first-order valence-electron chi connectivity index (χ1n) is 5.93. The summed E-state index contributed by atoms with van der Waals surface area (Å²) in [5.74, 6) is -2.77. The van der Waals surface area contributed by atoms with Crippen LogP contribution in [0.25, 0.3) is 22.0 Å². The largest absolute Gasteiger partial charge is 0.396 e. The van der Waals surface area contributed by atoms with E-state index in [0.717, 1.165) is 12.1 Å². The monoisotopic (exact) mass is 290 g/mol. The molecule has 4 N–H and O–H groups in total. The van der Waals surface area contributed by atoms with Gasteiger partial charge in [-0.2, -0.15) is 0 Å². The van der Waals surface area contributed by atoms with Crippen molar-refractivity contribution < 1.29 is 13.2 Å². The van der Waals surface area contributed by atoms with Gasteiger partial charge in [0, 0.05) is 11.8 Å². The lowest BCUT2D eigenvalue weighted by molar-refractivity contribution is 0.586. The molecular weight excluding hydrogens is 281 g/mol. The lowest BCUT2D eigenvalue weighted by Gasteiger charge is -2.10. The summed E-state index contributed by atoms with van der Waals surface area (Å²) in [6.45, 7) is 0. The number of hydrogen-bond acceptors (Lipinski definition) is 4. The van der Waals surface area contributed by atoms with Gasteiger partial charge < -0.3 is 11.5 Å². The first-order valence-corrected chi connectivity index (χ1v) is 5.93. The van der Waals surface area contributed by atoms with Crippen LogP contribution in [0.5, 0.6) is 0 Å². The molecule has 0 unspecified atom stereocenters. The van der Waals surface area contributed by atoms with Crippen LogP contribution < -0.4 is 11.5 Å². The molecule has 0 fully saturated rings. The highest BCUT2D eigenvalue weighted by atomic mass is 19.1. The van der Waals surface area contributed by atoms with Gasteiger partial charge in [0.25, 0.3) is 0 Å². The van der Waals surface area contributed by atoms with Crippen LogP contribution in [0.3, 0.4) is 0 Å². The van der Waals surface area contributed by atoms with Gasteiger partial charge in [-0.3, -0.25) is 0 Å². The van der Waals surface area contributed by atoms with Crippen LogP contribution in [0, 0.1) is 17.5 Å². The predicted molar refractivity (Wildman–Crippen MR) is 73.7 cm³/mol. The van der Waals surface area contributed by atoms with Crippen LogP contribution in [0.2, 0.25) is 0 Å². The van der Waals surface area contributed by atoms with E-state index in [1.807, 2.05) is 0 Å². The summed E-state index contributed by atoms with van der Waals surface area (Å²) in [6.07, 6.45) is 1.17. The quantitative estimate of drug-likeness (QED) is 0.675. The van der Waals surface area contributed by atoms with Crippen molar-refractivity contribution in [3.8, 4) is 11.1 Å². The average Bonchev–Trinajstić information content (AvgIpc) is 2.45. The molecular formula is C14H9F3N4. The van der Waals surface area contributed by atoms with Gasteiger partial charge in [-0.15, -0.1) is 0 Å². The number of anilines is 2. The Bertz CT molecular complexity index is 864. The summed E-state index contributed by atoms with van der Waals surface area (Å²) in [4.78, 5) is 7.53. The van der Waals surface area contributed by atoms with E-state index in [1.54, 1.807) is 0 Å². The number of rotatable bonds is 1. The zero-order valence-corrected chi connectivity index (χ0v) is 10.6. The molecule has 7 heteroatoms. The summed E-state index contributed by atoms with van der Waals surface area (Å²) in [5.41, 5.74) is 10.0. The first kappa shape index (κ1) is 13.2. The van der Waals surface area contributed by atoms with E-state index < -0.39 is 23.0 Å². The maximum atomic E-state index is 14.5. The number of hydrogen-bond donors (Lipinski definition) is 2. The number of nitrogens with two attached hydrogens (primary N) is 2. The van der Waals surface area contributed by atoms with Crippen molar-refractivity contribution in [2.45, 2.75) is 0 Å².